The molecule has 1 aromatic rings. The maximum Gasteiger partial charge on any atom is 0.407 e. The summed E-state index contributed by atoms with van der Waals surface area (Å²) in [6.45, 7) is 7.72. The van der Waals surface area contributed by atoms with E-state index in [1.165, 1.54) is 35.3 Å². The van der Waals surface area contributed by atoms with Crippen molar-refractivity contribution in [2.75, 3.05) is 25.4 Å². The zero-order chi connectivity index (χ0) is 20.1. The lowest BCUT2D eigenvalue weighted by Gasteiger charge is -2.32. The smallest absolute Gasteiger partial charge is 0.407 e. The van der Waals surface area contributed by atoms with E-state index in [0.29, 0.717) is 18.2 Å². The van der Waals surface area contributed by atoms with Crippen LogP contribution in [0.2, 0.25) is 0 Å². The number of piperidine rings is 1. The second kappa shape index (κ2) is 9.21. The van der Waals surface area contributed by atoms with E-state index in [0.717, 1.165) is 25.9 Å². The van der Waals surface area contributed by atoms with Crippen molar-refractivity contribution in [3.63, 3.8) is 0 Å². The molecule has 0 radical (unpaired) electrons. The highest BCUT2D eigenvalue weighted by atomic mass is 32.2. The second-order valence-corrected chi connectivity index (χ2v) is 9.83. The van der Waals surface area contributed by atoms with Crippen LogP contribution in [0.1, 0.15) is 51.2 Å². The number of fused-ring (bicyclic) bond motifs is 1. The zero-order valence-electron chi connectivity index (χ0n) is 17.3. The van der Waals surface area contributed by atoms with Gasteiger partial charge in [-0.25, -0.2) is 4.79 Å². The van der Waals surface area contributed by atoms with Crippen molar-refractivity contribution >= 4 is 23.8 Å². The molecule has 0 atom stereocenters. The third kappa shape index (κ3) is 6.16. The highest BCUT2D eigenvalue weighted by Gasteiger charge is 2.24. The molecule has 0 spiro atoms. The van der Waals surface area contributed by atoms with Crippen LogP contribution in [0.3, 0.4) is 0 Å². The van der Waals surface area contributed by atoms with Gasteiger partial charge in [0.1, 0.15) is 5.60 Å². The molecule has 1 saturated heterocycles. The van der Waals surface area contributed by atoms with E-state index in [1.54, 1.807) is 11.8 Å². The molecule has 2 aliphatic rings. The molecule has 1 aliphatic heterocycles. The quantitative estimate of drug-likeness (QED) is 0.753. The van der Waals surface area contributed by atoms with Gasteiger partial charge in [0.25, 0.3) is 0 Å². The van der Waals surface area contributed by atoms with Crippen molar-refractivity contribution in [2.24, 2.45) is 5.92 Å². The Hall–Kier alpha value is -1.69. The molecule has 28 heavy (non-hydrogen) atoms. The lowest BCUT2D eigenvalue weighted by atomic mass is 9.97. The van der Waals surface area contributed by atoms with Crippen LogP contribution in [0.4, 0.5) is 4.79 Å². The van der Waals surface area contributed by atoms with Crippen LogP contribution < -0.4 is 5.32 Å². The number of ether oxygens (including phenoxy) is 1. The van der Waals surface area contributed by atoms with Crippen molar-refractivity contribution in [1.82, 2.24) is 10.2 Å². The maximum absolute atomic E-state index is 12.5. The highest BCUT2D eigenvalue weighted by molar-refractivity contribution is 8.00. The van der Waals surface area contributed by atoms with Crippen molar-refractivity contribution < 1.29 is 14.3 Å². The summed E-state index contributed by atoms with van der Waals surface area (Å²) in [5, 5.41) is 2.85. The molecule has 1 aliphatic carbocycles. The number of carbonyl (C=O) groups excluding carboxylic acids is 2. The first kappa shape index (κ1) is 21.0. The van der Waals surface area contributed by atoms with Crippen LogP contribution in [0.25, 0.3) is 0 Å². The molecular weight excluding hydrogens is 372 g/mol. The van der Waals surface area contributed by atoms with E-state index < -0.39 is 5.60 Å². The van der Waals surface area contributed by atoms with Crippen LogP contribution in [0.5, 0.6) is 0 Å². The van der Waals surface area contributed by atoms with Gasteiger partial charge in [0, 0.05) is 24.5 Å². The molecule has 1 N–H and O–H groups in total. The van der Waals surface area contributed by atoms with Crippen LogP contribution in [-0.4, -0.2) is 47.9 Å². The van der Waals surface area contributed by atoms with Gasteiger partial charge in [0.05, 0.1) is 5.75 Å². The van der Waals surface area contributed by atoms with Gasteiger partial charge in [-0.1, -0.05) is 6.07 Å². The lowest BCUT2D eigenvalue weighted by molar-refractivity contribution is -0.129. The van der Waals surface area contributed by atoms with E-state index in [2.05, 4.69) is 23.5 Å². The molecular formula is C22H32N2O3S. The Kier molecular flexibility index (Phi) is 6.91. The summed E-state index contributed by atoms with van der Waals surface area (Å²) in [6, 6.07) is 6.63. The van der Waals surface area contributed by atoms with Crippen LogP contribution in [0, 0.1) is 5.92 Å². The van der Waals surface area contributed by atoms with Gasteiger partial charge in [-0.2, -0.15) is 0 Å². The summed E-state index contributed by atoms with van der Waals surface area (Å²) in [4.78, 5) is 27.5. The number of benzene rings is 1. The largest absolute Gasteiger partial charge is 0.444 e. The molecule has 0 aromatic heterocycles. The number of aryl methyl sites for hydroxylation is 2. The fourth-order valence-corrected chi connectivity index (χ4v) is 4.67. The Morgan fingerprint density at radius 1 is 1.18 bits per heavy atom. The van der Waals surface area contributed by atoms with E-state index in [1.807, 2.05) is 25.7 Å². The lowest BCUT2D eigenvalue weighted by Crippen LogP contribution is -2.43. The number of alkyl carbamates (subject to hydrolysis) is 1. The van der Waals surface area contributed by atoms with Crippen molar-refractivity contribution in [1.29, 1.82) is 0 Å². The first-order valence-corrected chi connectivity index (χ1v) is 11.3. The number of amides is 2. The van der Waals surface area contributed by atoms with Crippen molar-refractivity contribution in [3.8, 4) is 0 Å². The zero-order valence-corrected chi connectivity index (χ0v) is 18.1. The summed E-state index contributed by atoms with van der Waals surface area (Å²) in [5.41, 5.74) is 2.45. The predicted octanol–water partition coefficient (Wildman–Crippen LogP) is 4.03. The minimum atomic E-state index is -0.476. The number of carbonyl (C=O) groups is 2. The molecule has 0 saturated carbocycles. The molecule has 3 rings (SSSR count). The number of hydrogen-bond acceptors (Lipinski definition) is 4. The number of nitrogens with one attached hydrogen (secondary N) is 1. The van der Waals surface area contributed by atoms with Crippen LogP contribution >= 0.6 is 11.8 Å². The molecule has 1 aromatic carbocycles. The average Bonchev–Trinajstić information content (AvgIpc) is 3.11. The third-order valence-corrected chi connectivity index (χ3v) is 6.31. The van der Waals surface area contributed by atoms with Crippen LogP contribution in [-0.2, 0) is 22.4 Å². The summed E-state index contributed by atoms with van der Waals surface area (Å²) in [5.74, 6) is 1.12. The highest BCUT2D eigenvalue weighted by Crippen LogP contribution is 2.28. The molecule has 0 unspecified atom stereocenters. The molecule has 5 nitrogen and oxygen atoms in total. The van der Waals surface area contributed by atoms with Crippen molar-refractivity contribution in [3.05, 3.63) is 29.3 Å². The number of hydrogen-bond donors (Lipinski definition) is 1. The SMILES string of the molecule is CC(C)(C)OC(=O)NCC1CCN(C(=O)CSc2ccc3c(c2)CCC3)CC1. The van der Waals surface area contributed by atoms with Gasteiger partial charge < -0.3 is 15.0 Å². The number of likely N-dealkylation sites (tertiary alicyclic amines) is 1. The monoisotopic (exact) mass is 404 g/mol. The van der Waals surface area contributed by atoms with Gasteiger partial charge in [-0.05, 0) is 82.1 Å². The Balaban J connectivity index is 1.36. The van der Waals surface area contributed by atoms with Gasteiger partial charge in [0.2, 0.25) is 5.91 Å². The van der Waals surface area contributed by atoms with E-state index in [-0.39, 0.29) is 12.0 Å². The summed E-state index contributed by atoms with van der Waals surface area (Å²) >= 11 is 1.64. The topological polar surface area (TPSA) is 58.6 Å². The predicted molar refractivity (Wildman–Crippen MR) is 113 cm³/mol. The summed E-state index contributed by atoms with van der Waals surface area (Å²) in [6.07, 6.45) is 5.09. The summed E-state index contributed by atoms with van der Waals surface area (Å²) in [7, 11) is 0. The Morgan fingerprint density at radius 3 is 2.61 bits per heavy atom. The second-order valence-electron chi connectivity index (χ2n) is 8.78. The fourth-order valence-electron chi connectivity index (χ4n) is 3.80. The molecule has 0 bridgehead atoms. The van der Waals surface area contributed by atoms with Crippen LogP contribution in [0.15, 0.2) is 23.1 Å². The van der Waals surface area contributed by atoms with Gasteiger partial charge in [-0.3, -0.25) is 4.79 Å². The maximum atomic E-state index is 12.5. The normalized spacial score (nSPS) is 17.3. The van der Waals surface area contributed by atoms with E-state index in [9.17, 15) is 9.59 Å². The number of nitrogens with zero attached hydrogens (tertiary/aromatic N) is 1. The first-order chi connectivity index (χ1) is 13.3. The number of rotatable bonds is 5. The molecule has 6 heteroatoms. The van der Waals surface area contributed by atoms with Gasteiger partial charge >= 0.3 is 6.09 Å². The Morgan fingerprint density at radius 2 is 1.89 bits per heavy atom. The fraction of sp³-hybridized carbons (Fsp3) is 0.636. The Bertz CT molecular complexity index is 706. The summed E-state index contributed by atoms with van der Waals surface area (Å²) < 4.78 is 5.27. The van der Waals surface area contributed by atoms with Crippen molar-refractivity contribution in [2.45, 2.75) is 63.4 Å². The van der Waals surface area contributed by atoms with Gasteiger partial charge in [-0.15, -0.1) is 11.8 Å². The van der Waals surface area contributed by atoms with E-state index >= 15 is 0 Å². The average molecular weight is 405 g/mol. The standard InChI is InChI=1S/C22H32N2O3S/c1-22(2,3)27-21(26)23-14-16-9-11-24(12-10-16)20(25)15-28-19-8-7-17-5-4-6-18(17)13-19/h7-8,13,16H,4-6,9-12,14-15H2,1-3H3,(H,23,26). The van der Waals surface area contributed by atoms with E-state index in [4.69, 9.17) is 4.74 Å². The number of thioether (sulfide) groups is 1. The Labute approximate surface area is 172 Å². The minimum Gasteiger partial charge on any atom is -0.444 e. The molecule has 2 amide bonds. The molecule has 1 heterocycles. The minimum absolute atomic E-state index is 0.212. The first-order valence-electron chi connectivity index (χ1n) is 10.3. The third-order valence-electron chi connectivity index (χ3n) is 5.33. The van der Waals surface area contributed by atoms with Gasteiger partial charge in [0.15, 0.2) is 0 Å². The molecule has 1 fully saturated rings. The molecule has 154 valence electrons.